The minimum absolute atomic E-state index is 0.252. The molecule has 0 spiro atoms. The number of halogens is 1. The van der Waals surface area contributed by atoms with E-state index in [9.17, 15) is 9.18 Å². The van der Waals surface area contributed by atoms with Crippen LogP contribution in [0.25, 0.3) is 0 Å². The Morgan fingerprint density at radius 3 is 2.50 bits per heavy atom. The maximum atomic E-state index is 13.0. The highest BCUT2D eigenvalue weighted by Crippen LogP contribution is 2.17. The second-order valence-corrected chi connectivity index (χ2v) is 6.79. The largest absolute Gasteiger partial charge is 0.354 e. The molecule has 2 aromatic carbocycles. The summed E-state index contributed by atoms with van der Waals surface area (Å²) >= 11 is 0. The van der Waals surface area contributed by atoms with Gasteiger partial charge in [0.15, 0.2) is 0 Å². The summed E-state index contributed by atoms with van der Waals surface area (Å²) in [5.74, 6) is -0.132. The van der Waals surface area contributed by atoms with E-state index in [-0.39, 0.29) is 11.7 Å². The van der Waals surface area contributed by atoms with Gasteiger partial charge in [-0.25, -0.2) is 14.4 Å². The van der Waals surface area contributed by atoms with Gasteiger partial charge in [0.1, 0.15) is 11.5 Å². The van der Waals surface area contributed by atoms with Crippen LogP contribution in [0.5, 0.6) is 0 Å². The van der Waals surface area contributed by atoms with E-state index in [1.54, 1.807) is 18.2 Å². The lowest BCUT2D eigenvalue weighted by Crippen LogP contribution is -2.17. The molecule has 3 rings (SSSR count). The second kappa shape index (κ2) is 8.61. The second-order valence-electron chi connectivity index (χ2n) is 6.79. The molecule has 144 valence electrons. The Balaban J connectivity index is 1.67. The van der Waals surface area contributed by atoms with Crippen LogP contribution >= 0.6 is 0 Å². The molecule has 1 amide bonds. The van der Waals surface area contributed by atoms with Crippen molar-refractivity contribution in [1.29, 1.82) is 0 Å². The van der Waals surface area contributed by atoms with Crippen molar-refractivity contribution in [2.45, 2.75) is 27.2 Å². The number of carbonyl (C=O) groups excluding carboxylic acids is 1. The minimum atomic E-state index is -0.277. The Kier molecular flexibility index (Phi) is 5.99. The summed E-state index contributed by atoms with van der Waals surface area (Å²) < 4.78 is 13.0. The number of aryl methyl sites for hydroxylation is 3. The van der Waals surface area contributed by atoms with Gasteiger partial charge in [-0.3, -0.25) is 4.79 Å². The Morgan fingerprint density at radius 2 is 1.75 bits per heavy atom. The number of nitrogens with zero attached hydrogens (tertiary/aromatic N) is 2. The van der Waals surface area contributed by atoms with Gasteiger partial charge in [0.05, 0.1) is 0 Å². The molecule has 1 heterocycles. The van der Waals surface area contributed by atoms with Gasteiger partial charge in [-0.2, -0.15) is 0 Å². The number of amides is 1. The van der Waals surface area contributed by atoms with Crippen LogP contribution in [0, 0.1) is 26.6 Å². The van der Waals surface area contributed by atoms with Crippen LogP contribution in [0.15, 0.2) is 48.5 Å². The van der Waals surface area contributed by atoms with Crippen molar-refractivity contribution in [1.82, 2.24) is 9.97 Å². The van der Waals surface area contributed by atoms with E-state index in [2.05, 4.69) is 20.6 Å². The topological polar surface area (TPSA) is 66.9 Å². The maximum Gasteiger partial charge on any atom is 0.274 e. The molecule has 0 bridgehead atoms. The Morgan fingerprint density at radius 1 is 1.00 bits per heavy atom. The number of hydrogen-bond acceptors (Lipinski definition) is 4. The smallest absolute Gasteiger partial charge is 0.274 e. The van der Waals surface area contributed by atoms with Crippen molar-refractivity contribution in [3.63, 3.8) is 0 Å². The lowest BCUT2D eigenvalue weighted by atomic mass is 10.1. The van der Waals surface area contributed by atoms with Crippen molar-refractivity contribution in [2.24, 2.45) is 0 Å². The van der Waals surface area contributed by atoms with Crippen LogP contribution < -0.4 is 10.6 Å². The Labute approximate surface area is 164 Å². The van der Waals surface area contributed by atoms with Gasteiger partial charge in [0, 0.05) is 17.9 Å². The van der Waals surface area contributed by atoms with Crippen molar-refractivity contribution in [3.05, 3.63) is 82.4 Å². The van der Waals surface area contributed by atoms with Crippen molar-refractivity contribution >= 4 is 17.5 Å². The molecule has 0 aliphatic carbocycles. The normalized spacial score (nSPS) is 10.6. The van der Waals surface area contributed by atoms with Gasteiger partial charge in [-0.15, -0.1) is 0 Å². The number of hydrogen-bond donors (Lipinski definition) is 2. The SMILES string of the molecule is Cc1ccc(C)c(NC(=O)c2cc(C)nc(NCCc3ccc(F)cc3)n2)c1. The zero-order chi connectivity index (χ0) is 20.1. The predicted octanol–water partition coefficient (Wildman–Crippen LogP) is 4.45. The quantitative estimate of drug-likeness (QED) is 0.665. The first-order chi connectivity index (χ1) is 13.4. The number of anilines is 2. The predicted molar refractivity (Wildman–Crippen MR) is 109 cm³/mol. The fourth-order valence-electron chi connectivity index (χ4n) is 2.79. The molecular formula is C22H23FN4O. The third-order valence-electron chi connectivity index (χ3n) is 4.34. The molecule has 0 aliphatic heterocycles. The highest BCUT2D eigenvalue weighted by atomic mass is 19.1. The zero-order valence-electron chi connectivity index (χ0n) is 16.2. The van der Waals surface area contributed by atoms with Gasteiger partial charge in [0.2, 0.25) is 5.95 Å². The van der Waals surface area contributed by atoms with Gasteiger partial charge in [0.25, 0.3) is 5.91 Å². The fraction of sp³-hybridized carbons (Fsp3) is 0.227. The maximum absolute atomic E-state index is 13.0. The van der Waals surface area contributed by atoms with E-state index in [1.807, 2.05) is 39.0 Å². The summed E-state index contributed by atoms with van der Waals surface area (Å²) in [4.78, 5) is 21.3. The molecule has 5 nitrogen and oxygen atoms in total. The van der Waals surface area contributed by atoms with Gasteiger partial charge in [-0.1, -0.05) is 24.3 Å². The average molecular weight is 378 g/mol. The molecule has 0 saturated carbocycles. The lowest BCUT2D eigenvalue weighted by molar-refractivity contribution is 0.102. The Bertz CT molecular complexity index is 986. The number of benzene rings is 2. The van der Waals surface area contributed by atoms with E-state index in [1.165, 1.54) is 12.1 Å². The van der Waals surface area contributed by atoms with Crippen LogP contribution in [0.2, 0.25) is 0 Å². The summed E-state index contributed by atoms with van der Waals surface area (Å²) in [5, 5.41) is 6.05. The van der Waals surface area contributed by atoms with Crippen LogP contribution in [0.3, 0.4) is 0 Å². The van der Waals surface area contributed by atoms with Crippen molar-refractivity contribution < 1.29 is 9.18 Å². The van der Waals surface area contributed by atoms with E-state index in [4.69, 9.17) is 0 Å². The molecule has 0 unspecified atom stereocenters. The number of aromatic nitrogens is 2. The van der Waals surface area contributed by atoms with Gasteiger partial charge >= 0.3 is 0 Å². The zero-order valence-corrected chi connectivity index (χ0v) is 16.2. The third-order valence-corrected chi connectivity index (χ3v) is 4.34. The van der Waals surface area contributed by atoms with Crippen molar-refractivity contribution in [3.8, 4) is 0 Å². The van der Waals surface area contributed by atoms with Crippen molar-refractivity contribution in [2.75, 3.05) is 17.2 Å². The highest BCUT2D eigenvalue weighted by molar-refractivity contribution is 6.03. The monoisotopic (exact) mass is 378 g/mol. The van der Waals surface area contributed by atoms with Crippen LogP contribution in [0.4, 0.5) is 16.0 Å². The number of carbonyl (C=O) groups is 1. The highest BCUT2D eigenvalue weighted by Gasteiger charge is 2.12. The lowest BCUT2D eigenvalue weighted by Gasteiger charge is -2.11. The molecule has 3 aromatic rings. The van der Waals surface area contributed by atoms with E-state index in [0.29, 0.717) is 30.3 Å². The minimum Gasteiger partial charge on any atom is -0.354 e. The molecule has 0 saturated heterocycles. The Hall–Kier alpha value is -3.28. The molecule has 0 fully saturated rings. The van der Waals surface area contributed by atoms with Crippen LogP contribution in [-0.2, 0) is 6.42 Å². The summed E-state index contributed by atoms with van der Waals surface area (Å²) in [7, 11) is 0. The first-order valence-corrected chi connectivity index (χ1v) is 9.13. The van der Waals surface area contributed by atoms with E-state index in [0.717, 1.165) is 22.4 Å². The fourth-order valence-corrected chi connectivity index (χ4v) is 2.79. The summed E-state index contributed by atoms with van der Waals surface area (Å²) in [6.07, 6.45) is 0.696. The molecule has 28 heavy (non-hydrogen) atoms. The molecular weight excluding hydrogens is 355 g/mol. The van der Waals surface area contributed by atoms with Crippen LogP contribution in [-0.4, -0.2) is 22.4 Å². The molecule has 0 radical (unpaired) electrons. The molecule has 6 heteroatoms. The molecule has 0 aliphatic rings. The van der Waals surface area contributed by atoms with E-state index >= 15 is 0 Å². The molecule has 2 N–H and O–H groups in total. The average Bonchev–Trinajstić information content (AvgIpc) is 2.66. The summed E-state index contributed by atoms with van der Waals surface area (Å²) in [6, 6.07) is 13.9. The van der Waals surface area contributed by atoms with Crippen LogP contribution in [0.1, 0.15) is 32.9 Å². The number of rotatable bonds is 6. The summed E-state index contributed by atoms with van der Waals surface area (Å²) in [5.41, 5.74) is 4.84. The molecule has 0 atom stereocenters. The van der Waals surface area contributed by atoms with E-state index < -0.39 is 0 Å². The third kappa shape index (κ3) is 5.13. The molecule has 1 aromatic heterocycles. The van der Waals surface area contributed by atoms with Gasteiger partial charge < -0.3 is 10.6 Å². The first kappa shape index (κ1) is 19.5. The number of nitrogens with one attached hydrogen (secondary N) is 2. The summed E-state index contributed by atoms with van der Waals surface area (Å²) in [6.45, 7) is 6.32. The van der Waals surface area contributed by atoms with Gasteiger partial charge in [-0.05, 0) is 68.1 Å². The standard InChI is InChI=1S/C22H23FN4O/c1-14-4-5-15(2)19(12-14)26-21(28)20-13-16(3)25-22(27-20)24-11-10-17-6-8-18(23)9-7-17/h4-9,12-13H,10-11H2,1-3H3,(H,26,28)(H,24,25,27). The first-order valence-electron chi connectivity index (χ1n) is 9.13.